The summed E-state index contributed by atoms with van der Waals surface area (Å²) in [5.41, 5.74) is 4.65. The molecule has 3 N–H and O–H groups in total. The number of hydrogen-bond donors (Lipinski definition) is 1. The monoisotopic (exact) mass is 520 g/mol. The van der Waals surface area contributed by atoms with Crippen molar-refractivity contribution in [3.8, 4) is 22.6 Å². The summed E-state index contributed by atoms with van der Waals surface area (Å²) in [6, 6.07) is 16.7. The van der Waals surface area contributed by atoms with Crippen LogP contribution in [0.2, 0.25) is 5.02 Å². The molecule has 1 aromatic heterocycles. The second-order valence-electron chi connectivity index (χ2n) is 8.51. The smallest absolute Gasteiger partial charge is 0.275 e. The summed E-state index contributed by atoms with van der Waals surface area (Å²) < 4.78 is 12.2. The molecule has 3 aromatic carbocycles. The second-order valence-corrected chi connectivity index (χ2v) is 8.92. The van der Waals surface area contributed by atoms with Gasteiger partial charge in [0.15, 0.2) is 11.5 Å². The first-order valence-corrected chi connectivity index (χ1v) is 11.7. The van der Waals surface area contributed by atoms with Crippen LogP contribution in [0.25, 0.3) is 28.1 Å². The van der Waals surface area contributed by atoms with E-state index in [1.165, 1.54) is 6.08 Å². The van der Waals surface area contributed by atoms with Crippen molar-refractivity contribution in [2.45, 2.75) is 13.8 Å². The van der Waals surface area contributed by atoms with E-state index >= 15 is 0 Å². The van der Waals surface area contributed by atoms with Gasteiger partial charge in [-0.2, -0.15) is 0 Å². The highest BCUT2D eigenvalue weighted by molar-refractivity contribution is 6.34. The first-order chi connectivity index (χ1) is 17.2. The molecule has 0 aliphatic carbocycles. The van der Waals surface area contributed by atoms with Gasteiger partial charge in [0.1, 0.15) is 5.69 Å². The lowest BCUT2D eigenvalue weighted by Crippen LogP contribution is -2.25. The maximum absolute atomic E-state index is 13.5. The predicted molar refractivity (Wildman–Crippen MR) is 150 cm³/mol. The Bertz CT molecular complexity index is 1570. The lowest BCUT2D eigenvalue weighted by atomic mass is 9.95. The maximum Gasteiger partial charge on any atom is 0.275 e. The van der Waals surface area contributed by atoms with Crippen molar-refractivity contribution in [1.29, 1.82) is 0 Å². The number of carbonyl (C=O) groups excluding carboxylic acids is 1. The molecule has 1 heterocycles. The van der Waals surface area contributed by atoms with E-state index in [0.717, 1.165) is 27.6 Å². The molecule has 0 atom stereocenters. The van der Waals surface area contributed by atoms with Crippen molar-refractivity contribution in [2.24, 2.45) is 7.05 Å². The summed E-state index contributed by atoms with van der Waals surface area (Å²) in [5, 5.41) is 4.15. The number of benzene rings is 3. The number of ether oxygens (including phenoxy) is 2. The summed E-state index contributed by atoms with van der Waals surface area (Å²) >= 11 is 6.58. The molecular weight excluding hydrogens is 492 g/mol. The number of amides is 1. The molecule has 0 saturated heterocycles. The standard InChI is InChI=1S/C29H27ClN2O4.H2O/c1-17-14-18(2)28-21(15-17)26(20-8-6-7-9-22(20)30)27(29(34)32(28)3)31-25(33)13-11-19-10-12-23(35-4)24(16-19)36-5;/h6-16H,1-5H3,(H,31,33);1H2/b13-11+;. The van der Waals surface area contributed by atoms with E-state index < -0.39 is 5.91 Å². The van der Waals surface area contributed by atoms with Crippen molar-refractivity contribution in [3.63, 3.8) is 0 Å². The fraction of sp³-hybridized carbons (Fsp3) is 0.172. The Hall–Kier alpha value is -4.07. The minimum Gasteiger partial charge on any atom is -0.493 e. The van der Waals surface area contributed by atoms with Gasteiger partial charge >= 0.3 is 0 Å². The first-order valence-electron chi connectivity index (χ1n) is 11.3. The van der Waals surface area contributed by atoms with Crippen LogP contribution in [0.15, 0.2) is 65.5 Å². The minimum atomic E-state index is -0.445. The van der Waals surface area contributed by atoms with Crippen LogP contribution >= 0.6 is 11.6 Å². The zero-order valence-corrected chi connectivity index (χ0v) is 22.1. The van der Waals surface area contributed by atoms with Crippen LogP contribution < -0.4 is 20.3 Å². The zero-order valence-electron chi connectivity index (χ0n) is 21.3. The number of halogens is 1. The topological polar surface area (TPSA) is 101 Å². The number of rotatable bonds is 6. The molecule has 4 rings (SSSR count). The third kappa shape index (κ3) is 5.38. The normalized spacial score (nSPS) is 10.9. The van der Waals surface area contributed by atoms with Gasteiger partial charge in [-0.05, 0) is 55.3 Å². The van der Waals surface area contributed by atoms with Crippen LogP contribution in [0.5, 0.6) is 11.5 Å². The number of methoxy groups -OCH3 is 2. The van der Waals surface area contributed by atoms with Gasteiger partial charge in [0, 0.05) is 34.7 Å². The third-order valence-electron chi connectivity index (χ3n) is 6.04. The van der Waals surface area contributed by atoms with Crippen LogP contribution in [0.3, 0.4) is 0 Å². The van der Waals surface area contributed by atoms with E-state index in [2.05, 4.69) is 5.32 Å². The van der Waals surface area contributed by atoms with Crippen molar-refractivity contribution >= 4 is 40.2 Å². The molecule has 1 amide bonds. The lowest BCUT2D eigenvalue weighted by Gasteiger charge is -2.19. The van der Waals surface area contributed by atoms with Gasteiger partial charge in [-0.1, -0.05) is 47.5 Å². The van der Waals surface area contributed by atoms with Crippen LogP contribution in [-0.4, -0.2) is 30.2 Å². The van der Waals surface area contributed by atoms with E-state index in [9.17, 15) is 9.59 Å². The number of nitrogens with one attached hydrogen (secondary N) is 1. The first kappa shape index (κ1) is 27.5. The van der Waals surface area contributed by atoms with Crippen molar-refractivity contribution < 1.29 is 19.7 Å². The summed E-state index contributed by atoms with van der Waals surface area (Å²) in [7, 11) is 4.82. The van der Waals surface area contributed by atoms with Crippen LogP contribution in [0.1, 0.15) is 16.7 Å². The Morgan fingerprint density at radius 3 is 2.38 bits per heavy atom. The number of hydrogen-bond acceptors (Lipinski definition) is 4. The second kappa shape index (κ2) is 11.3. The Morgan fingerprint density at radius 1 is 1.00 bits per heavy atom. The Kier molecular flexibility index (Phi) is 8.42. The Balaban J connectivity index is 0.00000380. The average Bonchev–Trinajstić information content (AvgIpc) is 2.86. The van der Waals surface area contributed by atoms with E-state index in [1.807, 2.05) is 44.2 Å². The number of aryl methyl sites for hydroxylation is 3. The van der Waals surface area contributed by atoms with Crippen LogP contribution in [-0.2, 0) is 11.8 Å². The predicted octanol–water partition coefficient (Wildman–Crippen LogP) is 5.32. The summed E-state index contributed by atoms with van der Waals surface area (Å²) in [4.78, 5) is 26.6. The van der Waals surface area contributed by atoms with Gasteiger partial charge in [-0.3, -0.25) is 9.59 Å². The lowest BCUT2D eigenvalue weighted by molar-refractivity contribution is -0.111. The molecule has 0 aliphatic rings. The molecule has 0 aliphatic heterocycles. The Morgan fingerprint density at radius 2 is 1.70 bits per heavy atom. The molecule has 37 heavy (non-hydrogen) atoms. The van der Waals surface area contributed by atoms with Gasteiger partial charge in [-0.15, -0.1) is 0 Å². The van der Waals surface area contributed by atoms with E-state index in [1.54, 1.807) is 56.2 Å². The zero-order chi connectivity index (χ0) is 26.0. The van der Waals surface area contributed by atoms with E-state index in [0.29, 0.717) is 27.6 Å². The highest BCUT2D eigenvalue weighted by Crippen LogP contribution is 2.38. The van der Waals surface area contributed by atoms with Gasteiger partial charge in [0.25, 0.3) is 5.56 Å². The van der Waals surface area contributed by atoms with Gasteiger partial charge < -0.3 is 24.8 Å². The fourth-order valence-corrected chi connectivity index (χ4v) is 4.69. The third-order valence-corrected chi connectivity index (χ3v) is 6.37. The SMILES string of the molecule is COc1ccc(/C=C/C(=O)Nc2c(-c3ccccc3Cl)c3cc(C)cc(C)c3n(C)c2=O)cc1OC.O. The van der Waals surface area contributed by atoms with Crippen molar-refractivity contribution in [2.75, 3.05) is 19.5 Å². The van der Waals surface area contributed by atoms with Crippen LogP contribution in [0.4, 0.5) is 5.69 Å². The number of anilines is 1. The quantitative estimate of drug-likeness (QED) is 0.348. The summed E-state index contributed by atoms with van der Waals surface area (Å²) in [6.45, 7) is 3.97. The van der Waals surface area contributed by atoms with E-state index in [-0.39, 0.29) is 16.7 Å². The minimum absolute atomic E-state index is 0. The number of fused-ring (bicyclic) bond motifs is 1. The molecule has 4 aromatic rings. The van der Waals surface area contributed by atoms with Gasteiger partial charge in [-0.25, -0.2) is 0 Å². The van der Waals surface area contributed by atoms with Gasteiger partial charge in [0.05, 0.1) is 19.7 Å². The molecule has 7 nitrogen and oxygen atoms in total. The number of aromatic nitrogens is 1. The summed E-state index contributed by atoms with van der Waals surface area (Å²) in [5.74, 6) is 0.697. The fourth-order valence-electron chi connectivity index (χ4n) is 4.46. The molecule has 0 radical (unpaired) electrons. The molecule has 0 unspecified atom stereocenters. The Labute approximate surface area is 220 Å². The molecule has 0 fully saturated rings. The average molecular weight is 521 g/mol. The molecule has 0 bridgehead atoms. The molecule has 0 saturated carbocycles. The van der Waals surface area contributed by atoms with Crippen molar-refractivity contribution in [1.82, 2.24) is 4.57 Å². The largest absolute Gasteiger partial charge is 0.493 e. The number of pyridine rings is 1. The molecule has 0 spiro atoms. The van der Waals surface area contributed by atoms with Crippen molar-refractivity contribution in [3.05, 3.63) is 92.7 Å². The number of carbonyl (C=O) groups is 1. The van der Waals surface area contributed by atoms with Gasteiger partial charge in [0.2, 0.25) is 5.91 Å². The molecular formula is C29H29ClN2O5. The van der Waals surface area contributed by atoms with Crippen LogP contribution in [0, 0.1) is 13.8 Å². The van der Waals surface area contributed by atoms with E-state index in [4.69, 9.17) is 21.1 Å². The summed E-state index contributed by atoms with van der Waals surface area (Å²) in [6.07, 6.45) is 3.02. The highest BCUT2D eigenvalue weighted by Gasteiger charge is 2.21. The number of nitrogens with zero attached hydrogens (tertiary/aromatic N) is 1. The molecule has 8 heteroatoms. The maximum atomic E-state index is 13.5. The molecule has 192 valence electrons. The highest BCUT2D eigenvalue weighted by atomic mass is 35.5.